The van der Waals surface area contributed by atoms with Crippen LogP contribution in [0.1, 0.15) is 35.2 Å². The first-order valence-electron chi connectivity index (χ1n) is 10.9. The second kappa shape index (κ2) is 12.0. The maximum atomic E-state index is 14.3. The number of esters is 1. The van der Waals surface area contributed by atoms with Gasteiger partial charge in [0, 0.05) is 18.5 Å². The summed E-state index contributed by atoms with van der Waals surface area (Å²) >= 11 is 1.05. The number of carbonyl (C=O) groups is 1. The quantitative estimate of drug-likeness (QED) is 0.175. The lowest BCUT2D eigenvalue weighted by atomic mass is 9.86. The Bertz CT molecular complexity index is 1180. The minimum atomic E-state index is -4.16. The fraction of sp³-hybridized carbons (Fsp3) is 0.280. The van der Waals surface area contributed by atoms with Crippen molar-refractivity contribution in [1.82, 2.24) is 0 Å². The fourth-order valence-electron chi connectivity index (χ4n) is 3.58. The zero-order chi connectivity index (χ0) is 26.3. The van der Waals surface area contributed by atoms with Gasteiger partial charge < -0.3 is 19.9 Å². The van der Waals surface area contributed by atoms with E-state index in [-0.39, 0.29) is 29.8 Å². The molecular weight excluding hydrogens is 498 g/mol. The highest BCUT2D eigenvalue weighted by molar-refractivity contribution is 8.05. The molecule has 0 aromatic heterocycles. The van der Waals surface area contributed by atoms with Crippen LogP contribution in [0.25, 0.3) is 5.57 Å². The highest BCUT2D eigenvalue weighted by Gasteiger charge is 2.39. The molecule has 0 saturated carbocycles. The number of halogens is 4. The van der Waals surface area contributed by atoms with E-state index < -0.39 is 23.9 Å². The number of rotatable bonds is 8. The number of alkyl halides is 3. The van der Waals surface area contributed by atoms with Crippen molar-refractivity contribution >= 4 is 41.1 Å². The van der Waals surface area contributed by atoms with Crippen LogP contribution in [0.4, 0.5) is 28.9 Å². The Balaban J connectivity index is 1.63. The second-order valence-electron chi connectivity index (χ2n) is 7.84. The van der Waals surface area contributed by atoms with Gasteiger partial charge in [0.05, 0.1) is 42.0 Å². The molecule has 0 heterocycles. The number of nitrogens with two attached hydrogens (primary N) is 1. The molecule has 0 aliphatic heterocycles. The molecule has 0 bridgehead atoms. The van der Waals surface area contributed by atoms with Gasteiger partial charge >= 0.3 is 12.1 Å². The van der Waals surface area contributed by atoms with Crippen LogP contribution in [0, 0.1) is 11.7 Å². The molecule has 1 aliphatic carbocycles. The molecule has 192 valence electrons. The average molecular weight is 524 g/mol. The van der Waals surface area contributed by atoms with E-state index in [0.717, 1.165) is 36.3 Å². The van der Waals surface area contributed by atoms with Gasteiger partial charge in [0.25, 0.3) is 0 Å². The summed E-state index contributed by atoms with van der Waals surface area (Å²) < 4.78 is 65.6. The van der Waals surface area contributed by atoms with Gasteiger partial charge in [-0.1, -0.05) is 18.2 Å². The van der Waals surface area contributed by atoms with Crippen molar-refractivity contribution in [3.8, 4) is 5.75 Å². The van der Waals surface area contributed by atoms with Crippen LogP contribution in [0.2, 0.25) is 0 Å². The summed E-state index contributed by atoms with van der Waals surface area (Å²) in [7, 11) is 2.54. The molecule has 1 unspecified atom stereocenters. The third-order valence-electron chi connectivity index (χ3n) is 5.59. The predicted octanol–water partition coefficient (Wildman–Crippen LogP) is 6.63. The summed E-state index contributed by atoms with van der Waals surface area (Å²) in [5, 5.41) is 0. The molecule has 2 aromatic rings. The molecule has 6 nitrogen and oxygen atoms in total. The molecule has 0 saturated heterocycles. The first-order chi connectivity index (χ1) is 17.2. The minimum Gasteiger partial charge on any atom is -0.495 e. The minimum absolute atomic E-state index is 0.00623. The first-order valence-corrected chi connectivity index (χ1v) is 11.7. The van der Waals surface area contributed by atoms with Crippen LogP contribution in [-0.2, 0) is 4.74 Å². The molecule has 0 spiro atoms. The van der Waals surface area contributed by atoms with Crippen molar-refractivity contribution in [2.24, 2.45) is 16.6 Å². The van der Waals surface area contributed by atoms with Gasteiger partial charge in [-0.05, 0) is 60.5 Å². The monoisotopic (exact) mass is 523 g/mol. The smallest absolute Gasteiger partial charge is 0.392 e. The van der Waals surface area contributed by atoms with E-state index in [1.165, 1.54) is 25.6 Å². The van der Waals surface area contributed by atoms with Gasteiger partial charge in [-0.15, -0.1) is 0 Å². The number of allylic oxidation sites excluding steroid dienone is 3. The Morgan fingerprint density at radius 1 is 1.22 bits per heavy atom. The number of hydrogen-bond donors (Lipinski definition) is 2. The summed E-state index contributed by atoms with van der Waals surface area (Å²) in [4.78, 5) is 16.5. The fourth-order valence-corrected chi connectivity index (χ4v) is 4.14. The predicted molar refractivity (Wildman–Crippen MR) is 134 cm³/mol. The van der Waals surface area contributed by atoms with E-state index in [1.807, 2.05) is 12.1 Å². The zero-order valence-electron chi connectivity index (χ0n) is 19.6. The van der Waals surface area contributed by atoms with Crippen molar-refractivity contribution in [1.29, 1.82) is 0 Å². The normalized spacial score (nSPS) is 16.6. The summed E-state index contributed by atoms with van der Waals surface area (Å²) in [6.07, 6.45) is 0.773. The summed E-state index contributed by atoms with van der Waals surface area (Å²) in [6, 6.07) is 9.51. The highest BCUT2D eigenvalue weighted by Crippen LogP contribution is 2.39. The number of hydrogen-bond acceptors (Lipinski definition) is 7. The van der Waals surface area contributed by atoms with Crippen LogP contribution >= 0.6 is 11.9 Å². The number of aliphatic imine (C=N–C) groups is 1. The number of carbonyl (C=O) groups excluding carboxylic acids is 1. The Hall–Kier alpha value is -3.47. The molecule has 36 heavy (non-hydrogen) atoms. The SMILES string of the molecule is COC(=O)c1cc(OC)c(NS/C(C=Nc2ccc(C3=CCC(C(F)(F)F)CC3)cc2)=C/N)cc1F. The Kier molecular flexibility index (Phi) is 9.03. The zero-order valence-corrected chi connectivity index (χ0v) is 20.4. The lowest BCUT2D eigenvalue weighted by Gasteiger charge is -2.24. The largest absolute Gasteiger partial charge is 0.495 e. The standard InChI is InChI=1S/C25H25F4N3O3S/c1-34-23-11-20(24(33)35-2)21(26)12-22(23)32-36-19(13-30)14-31-18-9-5-16(6-10-18)15-3-7-17(8-4-15)25(27,28)29/h3,5-6,9-14,17,32H,4,7-8,30H2,1-2H3/b19-13+,31-14?. The van der Waals surface area contributed by atoms with Crippen LogP contribution in [0.5, 0.6) is 5.75 Å². The lowest BCUT2D eigenvalue weighted by molar-refractivity contribution is -0.175. The van der Waals surface area contributed by atoms with Crippen molar-refractivity contribution in [2.75, 3.05) is 18.9 Å². The first kappa shape index (κ1) is 27.1. The molecule has 0 radical (unpaired) electrons. The van der Waals surface area contributed by atoms with Crippen molar-refractivity contribution < 1.29 is 31.8 Å². The van der Waals surface area contributed by atoms with Gasteiger partial charge in [-0.25, -0.2) is 9.18 Å². The van der Waals surface area contributed by atoms with E-state index >= 15 is 0 Å². The van der Waals surface area contributed by atoms with Crippen LogP contribution < -0.4 is 15.2 Å². The topological polar surface area (TPSA) is 85.9 Å². The van der Waals surface area contributed by atoms with Crippen LogP contribution in [0.15, 0.2) is 58.6 Å². The van der Waals surface area contributed by atoms with Crippen molar-refractivity contribution in [2.45, 2.75) is 25.4 Å². The number of ether oxygens (including phenoxy) is 2. The highest BCUT2D eigenvalue weighted by atomic mass is 32.2. The van der Waals surface area contributed by atoms with Crippen molar-refractivity contribution in [3.63, 3.8) is 0 Å². The Morgan fingerprint density at radius 3 is 2.50 bits per heavy atom. The molecule has 0 fully saturated rings. The molecular formula is C25H25F4N3O3S. The number of nitrogens with one attached hydrogen (secondary N) is 1. The number of benzene rings is 2. The van der Waals surface area contributed by atoms with E-state index in [2.05, 4.69) is 14.5 Å². The third kappa shape index (κ3) is 6.81. The molecule has 2 aromatic carbocycles. The van der Waals surface area contributed by atoms with E-state index in [0.29, 0.717) is 17.0 Å². The molecule has 3 rings (SSSR count). The second-order valence-corrected chi connectivity index (χ2v) is 8.72. The summed E-state index contributed by atoms with van der Waals surface area (Å²) in [6.45, 7) is 0. The maximum Gasteiger partial charge on any atom is 0.392 e. The lowest BCUT2D eigenvalue weighted by Crippen LogP contribution is -2.24. The molecule has 3 N–H and O–H groups in total. The molecule has 0 amide bonds. The van der Waals surface area contributed by atoms with Gasteiger partial charge in [-0.2, -0.15) is 13.2 Å². The van der Waals surface area contributed by atoms with Crippen molar-refractivity contribution in [3.05, 3.63) is 70.5 Å². The van der Waals surface area contributed by atoms with Crippen LogP contribution in [-0.4, -0.2) is 32.6 Å². The van der Waals surface area contributed by atoms with Gasteiger partial charge in [0.2, 0.25) is 0 Å². The van der Waals surface area contributed by atoms with E-state index in [9.17, 15) is 22.4 Å². The number of anilines is 1. The summed E-state index contributed by atoms with van der Waals surface area (Å²) in [5.74, 6) is -2.65. The third-order valence-corrected chi connectivity index (χ3v) is 6.39. The van der Waals surface area contributed by atoms with Gasteiger partial charge in [0.15, 0.2) is 0 Å². The summed E-state index contributed by atoms with van der Waals surface area (Å²) in [5.41, 5.74) is 8.08. The number of nitrogens with zero attached hydrogens (tertiary/aromatic N) is 1. The number of methoxy groups -OCH3 is 2. The Labute approximate surface area is 210 Å². The Morgan fingerprint density at radius 2 is 1.94 bits per heavy atom. The molecule has 1 aliphatic rings. The van der Waals surface area contributed by atoms with E-state index in [1.54, 1.807) is 18.2 Å². The van der Waals surface area contributed by atoms with Gasteiger partial charge in [0.1, 0.15) is 11.6 Å². The van der Waals surface area contributed by atoms with E-state index in [4.69, 9.17) is 10.5 Å². The molecule has 1 atom stereocenters. The maximum absolute atomic E-state index is 14.3. The average Bonchev–Trinajstić information content (AvgIpc) is 2.88. The van der Waals surface area contributed by atoms with Crippen LogP contribution in [0.3, 0.4) is 0 Å². The van der Waals surface area contributed by atoms with Gasteiger partial charge in [-0.3, -0.25) is 4.99 Å². The molecule has 11 heteroatoms.